The van der Waals surface area contributed by atoms with E-state index >= 15 is 0 Å². The first-order valence-electron chi connectivity index (χ1n) is 8.28. The average Bonchev–Trinajstić information content (AvgIpc) is 2.61. The fourth-order valence-corrected chi connectivity index (χ4v) is 2.26. The van der Waals surface area contributed by atoms with E-state index in [0.717, 1.165) is 24.1 Å². The molecule has 0 saturated carbocycles. The molecule has 23 heavy (non-hydrogen) atoms. The topological polar surface area (TPSA) is 42.0 Å². The Morgan fingerprint density at radius 3 is 2.61 bits per heavy atom. The molecule has 3 heteroatoms. The van der Waals surface area contributed by atoms with E-state index in [2.05, 4.69) is 17.2 Å². The van der Waals surface area contributed by atoms with Crippen molar-refractivity contribution in [2.24, 2.45) is 0 Å². The van der Waals surface area contributed by atoms with Crippen molar-refractivity contribution >= 4 is 18.1 Å². The number of amides is 1. The van der Waals surface area contributed by atoms with E-state index in [1.165, 1.54) is 12.8 Å². The van der Waals surface area contributed by atoms with E-state index in [9.17, 15) is 4.79 Å². The second kappa shape index (κ2) is 9.57. The fraction of sp³-hybridized carbons (Fsp3) is 0.300. The lowest BCUT2D eigenvalue weighted by molar-refractivity contribution is 0.0948. The van der Waals surface area contributed by atoms with Crippen LogP contribution in [0.5, 0.6) is 0 Å². The number of nitrogens with one attached hydrogen (secondary N) is 1. The Bertz CT molecular complexity index is 635. The van der Waals surface area contributed by atoms with Gasteiger partial charge in [0.1, 0.15) is 5.69 Å². The van der Waals surface area contributed by atoms with E-state index < -0.39 is 0 Å². The van der Waals surface area contributed by atoms with Gasteiger partial charge >= 0.3 is 0 Å². The number of aromatic nitrogens is 1. The highest BCUT2D eigenvalue weighted by atomic mass is 16.1. The summed E-state index contributed by atoms with van der Waals surface area (Å²) in [4.78, 5) is 16.5. The third kappa shape index (κ3) is 6.07. The summed E-state index contributed by atoms with van der Waals surface area (Å²) in [6, 6.07) is 15.6. The Labute approximate surface area is 138 Å². The number of unbranched alkanes of at least 4 members (excludes halogenated alkanes) is 3. The van der Waals surface area contributed by atoms with Gasteiger partial charge in [0.25, 0.3) is 5.91 Å². The van der Waals surface area contributed by atoms with Gasteiger partial charge in [-0.1, -0.05) is 68.7 Å². The van der Waals surface area contributed by atoms with E-state index in [4.69, 9.17) is 0 Å². The Kier molecular flexibility index (Phi) is 7.05. The molecule has 0 spiro atoms. The van der Waals surface area contributed by atoms with Crippen molar-refractivity contribution in [2.75, 3.05) is 6.54 Å². The SMILES string of the molecule is CCCCCCNC(=O)c1cccc(/C=C/c2ccccc2)n1. The summed E-state index contributed by atoms with van der Waals surface area (Å²) < 4.78 is 0. The molecule has 1 aromatic carbocycles. The van der Waals surface area contributed by atoms with Crippen LogP contribution in [0.2, 0.25) is 0 Å². The van der Waals surface area contributed by atoms with Crippen LogP contribution in [-0.4, -0.2) is 17.4 Å². The van der Waals surface area contributed by atoms with Crippen LogP contribution in [0.1, 0.15) is 54.4 Å². The number of rotatable bonds is 8. The summed E-state index contributed by atoms with van der Waals surface area (Å²) in [6.07, 6.45) is 8.51. The van der Waals surface area contributed by atoms with Crippen LogP contribution in [0.15, 0.2) is 48.5 Å². The van der Waals surface area contributed by atoms with Crippen molar-refractivity contribution in [2.45, 2.75) is 32.6 Å². The molecule has 0 aliphatic heterocycles. The van der Waals surface area contributed by atoms with Gasteiger partial charge in [-0.05, 0) is 30.2 Å². The highest BCUT2D eigenvalue weighted by molar-refractivity contribution is 5.92. The average molecular weight is 308 g/mol. The number of pyridine rings is 1. The summed E-state index contributed by atoms with van der Waals surface area (Å²) in [5.74, 6) is -0.101. The lowest BCUT2D eigenvalue weighted by Gasteiger charge is -2.05. The molecule has 1 N–H and O–H groups in total. The predicted octanol–water partition coefficient (Wildman–Crippen LogP) is 4.56. The minimum Gasteiger partial charge on any atom is -0.351 e. The highest BCUT2D eigenvalue weighted by Crippen LogP contribution is 2.07. The van der Waals surface area contributed by atoms with Crippen molar-refractivity contribution in [1.29, 1.82) is 0 Å². The molecule has 120 valence electrons. The van der Waals surface area contributed by atoms with Crippen molar-refractivity contribution in [3.63, 3.8) is 0 Å². The first-order valence-corrected chi connectivity index (χ1v) is 8.28. The molecule has 0 atom stereocenters. The maximum atomic E-state index is 12.1. The van der Waals surface area contributed by atoms with Gasteiger partial charge in [-0.3, -0.25) is 4.79 Å². The molecule has 0 radical (unpaired) electrons. The zero-order valence-electron chi connectivity index (χ0n) is 13.7. The molecule has 0 saturated heterocycles. The summed E-state index contributed by atoms with van der Waals surface area (Å²) in [7, 11) is 0. The van der Waals surface area contributed by atoms with Gasteiger partial charge in [-0.2, -0.15) is 0 Å². The van der Waals surface area contributed by atoms with Crippen LogP contribution in [0.25, 0.3) is 12.2 Å². The predicted molar refractivity (Wildman–Crippen MR) is 96.1 cm³/mol. The maximum Gasteiger partial charge on any atom is 0.269 e. The second-order valence-electron chi connectivity index (χ2n) is 5.51. The number of carbonyl (C=O) groups is 1. The van der Waals surface area contributed by atoms with Gasteiger partial charge in [0.2, 0.25) is 0 Å². The molecule has 0 fully saturated rings. The molecule has 1 aromatic heterocycles. The van der Waals surface area contributed by atoms with E-state index in [-0.39, 0.29) is 5.91 Å². The molecule has 0 bridgehead atoms. The number of carbonyl (C=O) groups excluding carboxylic acids is 1. The molecule has 2 aromatic rings. The monoisotopic (exact) mass is 308 g/mol. The molecular formula is C20H24N2O. The number of hydrogen-bond acceptors (Lipinski definition) is 2. The van der Waals surface area contributed by atoms with Crippen molar-refractivity contribution in [1.82, 2.24) is 10.3 Å². The van der Waals surface area contributed by atoms with Gasteiger partial charge in [0.15, 0.2) is 0 Å². The van der Waals surface area contributed by atoms with Gasteiger partial charge in [-0.25, -0.2) is 4.98 Å². The minimum absolute atomic E-state index is 0.101. The zero-order valence-corrected chi connectivity index (χ0v) is 13.7. The standard InChI is InChI=1S/C20H24N2O/c1-2-3-4-8-16-21-20(23)19-13-9-12-18(22-19)15-14-17-10-6-5-7-11-17/h5-7,9-15H,2-4,8,16H2,1H3,(H,21,23)/b15-14+. The van der Waals surface area contributed by atoms with Crippen LogP contribution >= 0.6 is 0 Å². The summed E-state index contributed by atoms with van der Waals surface area (Å²) in [5.41, 5.74) is 2.36. The molecule has 3 nitrogen and oxygen atoms in total. The summed E-state index contributed by atoms with van der Waals surface area (Å²) in [6.45, 7) is 2.89. The quantitative estimate of drug-likeness (QED) is 0.726. The highest BCUT2D eigenvalue weighted by Gasteiger charge is 2.06. The van der Waals surface area contributed by atoms with Gasteiger partial charge < -0.3 is 5.32 Å². The van der Waals surface area contributed by atoms with Crippen LogP contribution in [0.3, 0.4) is 0 Å². The Morgan fingerprint density at radius 2 is 1.83 bits per heavy atom. The van der Waals surface area contributed by atoms with E-state index in [1.807, 2.05) is 54.6 Å². The van der Waals surface area contributed by atoms with Crippen molar-refractivity contribution in [3.05, 3.63) is 65.5 Å². The summed E-state index contributed by atoms with van der Waals surface area (Å²) >= 11 is 0. The Morgan fingerprint density at radius 1 is 1.00 bits per heavy atom. The number of benzene rings is 1. The van der Waals surface area contributed by atoms with Crippen LogP contribution in [-0.2, 0) is 0 Å². The second-order valence-corrected chi connectivity index (χ2v) is 5.51. The maximum absolute atomic E-state index is 12.1. The van der Waals surface area contributed by atoms with Crippen LogP contribution < -0.4 is 5.32 Å². The fourth-order valence-electron chi connectivity index (χ4n) is 2.26. The third-order valence-electron chi connectivity index (χ3n) is 3.57. The molecule has 2 rings (SSSR count). The van der Waals surface area contributed by atoms with Crippen molar-refractivity contribution in [3.8, 4) is 0 Å². The largest absolute Gasteiger partial charge is 0.351 e. The van der Waals surface area contributed by atoms with Crippen molar-refractivity contribution < 1.29 is 4.79 Å². The van der Waals surface area contributed by atoms with Crippen LogP contribution in [0.4, 0.5) is 0 Å². The number of hydrogen-bond donors (Lipinski definition) is 1. The molecule has 1 heterocycles. The van der Waals surface area contributed by atoms with Gasteiger partial charge in [0.05, 0.1) is 5.69 Å². The molecule has 0 aliphatic carbocycles. The smallest absolute Gasteiger partial charge is 0.269 e. The van der Waals surface area contributed by atoms with Gasteiger partial charge in [0, 0.05) is 6.54 Å². The number of nitrogens with zero attached hydrogens (tertiary/aromatic N) is 1. The van der Waals surface area contributed by atoms with Crippen LogP contribution in [0, 0.1) is 0 Å². The lowest BCUT2D eigenvalue weighted by Crippen LogP contribution is -2.25. The third-order valence-corrected chi connectivity index (χ3v) is 3.57. The molecular weight excluding hydrogens is 284 g/mol. The first kappa shape index (κ1) is 16.9. The molecule has 1 amide bonds. The molecule has 0 unspecified atom stereocenters. The lowest BCUT2D eigenvalue weighted by atomic mass is 10.2. The zero-order chi connectivity index (χ0) is 16.3. The normalized spacial score (nSPS) is 10.8. The van der Waals surface area contributed by atoms with E-state index in [0.29, 0.717) is 12.2 Å². The van der Waals surface area contributed by atoms with Gasteiger partial charge in [-0.15, -0.1) is 0 Å². The Hall–Kier alpha value is -2.42. The summed E-state index contributed by atoms with van der Waals surface area (Å²) in [5, 5.41) is 2.93. The minimum atomic E-state index is -0.101. The first-order chi connectivity index (χ1) is 11.3. The molecule has 0 aliphatic rings. The van der Waals surface area contributed by atoms with E-state index in [1.54, 1.807) is 6.07 Å². The Balaban J connectivity index is 1.91.